The van der Waals surface area contributed by atoms with Gasteiger partial charge in [-0.2, -0.15) is 13.2 Å². The van der Waals surface area contributed by atoms with Crippen LogP contribution in [0.3, 0.4) is 0 Å². The van der Waals surface area contributed by atoms with Gasteiger partial charge in [-0.3, -0.25) is 4.79 Å². The molecule has 0 aliphatic rings. The van der Waals surface area contributed by atoms with Gasteiger partial charge in [-0.1, -0.05) is 44.0 Å². The Balaban J connectivity index is 2.45. The van der Waals surface area contributed by atoms with Crippen molar-refractivity contribution in [2.75, 3.05) is 0 Å². The van der Waals surface area contributed by atoms with Crippen LogP contribution < -0.4 is 0 Å². The van der Waals surface area contributed by atoms with Crippen LogP contribution in [0.5, 0.6) is 0 Å². The minimum atomic E-state index is -4.74. The highest BCUT2D eigenvalue weighted by molar-refractivity contribution is 8.00. The van der Waals surface area contributed by atoms with E-state index in [2.05, 4.69) is 20.8 Å². The molecule has 0 fully saturated rings. The topological polar surface area (TPSA) is 17.1 Å². The summed E-state index contributed by atoms with van der Waals surface area (Å²) in [7, 11) is 0. The van der Waals surface area contributed by atoms with E-state index < -0.39 is 17.5 Å². The smallest absolute Gasteiger partial charge is 0.289 e. The summed E-state index contributed by atoms with van der Waals surface area (Å²) in [5, 5.41) is 0.119. The summed E-state index contributed by atoms with van der Waals surface area (Å²) < 4.78 is 40.7. The van der Waals surface area contributed by atoms with Gasteiger partial charge in [-0.25, -0.2) is 0 Å². The number of hydrogen-bond acceptors (Lipinski definition) is 2. The van der Waals surface area contributed by atoms with Crippen molar-refractivity contribution >= 4 is 46.3 Å². The Morgan fingerprint density at radius 3 is 2.00 bits per heavy atom. The molecule has 0 amide bonds. The Labute approximate surface area is 176 Å². The third-order valence-electron chi connectivity index (χ3n) is 3.63. The van der Waals surface area contributed by atoms with Gasteiger partial charge in [0.05, 0.1) is 5.57 Å². The van der Waals surface area contributed by atoms with Crippen LogP contribution in [0, 0.1) is 6.92 Å². The van der Waals surface area contributed by atoms with Crippen LogP contribution >= 0.6 is 35.0 Å². The molecular weight excluding hydrogens is 428 g/mol. The van der Waals surface area contributed by atoms with Crippen LogP contribution in [0.2, 0.25) is 10.0 Å². The molecule has 0 radical (unpaired) electrons. The van der Waals surface area contributed by atoms with Gasteiger partial charge < -0.3 is 0 Å². The lowest BCUT2D eigenvalue weighted by Gasteiger charge is -2.19. The third kappa shape index (κ3) is 6.29. The van der Waals surface area contributed by atoms with E-state index >= 15 is 0 Å². The van der Waals surface area contributed by atoms with Crippen molar-refractivity contribution in [3.05, 3.63) is 69.2 Å². The first-order valence-electron chi connectivity index (χ1n) is 8.35. The Bertz CT molecular complexity index is 908. The zero-order chi connectivity index (χ0) is 21.3. The largest absolute Gasteiger partial charge is 0.417 e. The van der Waals surface area contributed by atoms with Crippen molar-refractivity contribution in [3.63, 3.8) is 0 Å². The first kappa shape index (κ1) is 22.9. The van der Waals surface area contributed by atoms with E-state index in [0.29, 0.717) is 6.08 Å². The van der Waals surface area contributed by atoms with Crippen LogP contribution in [0.4, 0.5) is 13.2 Å². The lowest BCUT2D eigenvalue weighted by molar-refractivity contribution is -0.0689. The summed E-state index contributed by atoms with van der Waals surface area (Å²) >= 11 is 13.3. The van der Waals surface area contributed by atoms with Crippen LogP contribution in [0.1, 0.15) is 42.3 Å². The number of ketones is 1. The van der Waals surface area contributed by atoms with Gasteiger partial charge in [-0.15, -0.1) is 11.8 Å². The molecule has 0 aromatic heterocycles. The second-order valence-electron chi connectivity index (χ2n) is 7.27. The summed E-state index contributed by atoms with van der Waals surface area (Å²) in [5.41, 5.74) is -0.327. The number of benzene rings is 2. The zero-order valence-corrected chi connectivity index (χ0v) is 18.1. The maximum Gasteiger partial charge on any atom is 0.417 e. The third-order valence-corrected chi connectivity index (χ3v) is 5.36. The highest BCUT2D eigenvalue weighted by Crippen LogP contribution is 2.37. The molecule has 0 unspecified atom stereocenters. The number of carbonyl (C=O) groups is 1. The normalized spacial score (nSPS) is 13.0. The second-order valence-corrected chi connectivity index (χ2v) is 10.0. The molecule has 0 spiro atoms. The molecular formula is C21H19Cl2F3OS. The SMILES string of the molecule is Cc1cc(C(=O)/C=C(\c2cc(Cl)cc(Cl)c2)C(F)(F)F)ccc1SC(C)(C)C. The number of allylic oxidation sites excluding steroid dienone is 2. The highest BCUT2D eigenvalue weighted by atomic mass is 35.5. The molecule has 0 saturated carbocycles. The summed E-state index contributed by atoms with van der Waals surface area (Å²) in [4.78, 5) is 13.5. The molecule has 1 nitrogen and oxygen atoms in total. The molecule has 150 valence electrons. The van der Waals surface area contributed by atoms with Gasteiger partial charge in [0.1, 0.15) is 0 Å². The average molecular weight is 447 g/mol. The number of hydrogen-bond donors (Lipinski definition) is 0. The molecule has 28 heavy (non-hydrogen) atoms. The highest BCUT2D eigenvalue weighted by Gasteiger charge is 2.35. The lowest BCUT2D eigenvalue weighted by Crippen LogP contribution is -2.13. The summed E-state index contributed by atoms with van der Waals surface area (Å²) in [5.74, 6) is -0.737. The lowest BCUT2D eigenvalue weighted by atomic mass is 10.0. The average Bonchev–Trinajstić information content (AvgIpc) is 2.51. The number of halogens is 5. The molecule has 7 heteroatoms. The maximum atomic E-state index is 13.6. The summed E-state index contributed by atoms with van der Waals surface area (Å²) in [6.45, 7) is 8.01. The van der Waals surface area contributed by atoms with Crippen molar-refractivity contribution in [1.29, 1.82) is 0 Å². The van der Waals surface area contributed by atoms with E-state index in [1.807, 2.05) is 6.92 Å². The summed E-state index contributed by atoms with van der Waals surface area (Å²) in [6, 6.07) is 8.50. The molecule has 2 aromatic rings. The van der Waals surface area contributed by atoms with E-state index in [9.17, 15) is 18.0 Å². The summed E-state index contributed by atoms with van der Waals surface area (Å²) in [6.07, 6.45) is -4.14. The maximum absolute atomic E-state index is 13.6. The zero-order valence-electron chi connectivity index (χ0n) is 15.7. The van der Waals surface area contributed by atoms with Crippen LogP contribution in [-0.2, 0) is 0 Å². The standard InChI is InChI=1S/C21H19Cl2F3OS/c1-12-7-13(5-6-19(12)28-20(2,3)4)18(27)11-17(21(24,25)26)14-8-15(22)10-16(23)9-14/h5-11H,1-4H3/b17-11+. The number of carbonyl (C=O) groups excluding carboxylic acids is 1. The van der Waals surface area contributed by atoms with Crippen LogP contribution in [0.25, 0.3) is 5.57 Å². The fourth-order valence-electron chi connectivity index (χ4n) is 2.50. The van der Waals surface area contributed by atoms with Crippen LogP contribution in [-0.4, -0.2) is 16.7 Å². The number of alkyl halides is 3. The van der Waals surface area contributed by atoms with Crippen molar-refractivity contribution in [2.24, 2.45) is 0 Å². The molecule has 0 heterocycles. The van der Waals surface area contributed by atoms with Crippen LogP contribution in [0.15, 0.2) is 47.4 Å². The van der Waals surface area contributed by atoms with E-state index in [0.717, 1.165) is 22.6 Å². The Hall–Kier alpha value is -1.43. The van der Waals surface area contributed by atoms with E-state index in [1.165, 1.54) is 6.07 Å². The minimum absolute atomic E-state index is 0.0223. The van der Waals surface area contributed by atoms with Gasteiger partial charge in [0.15, 0.2) is 5.78 Å². The first-order valence-corrected chi connectivity index (χ1v) is 9.93. The number of rotatable bonds is 4. The fraction of sp³-hybridized carbons (Fsp3) is 0.286. The first-order chi connectivity index (χ1) is 12.8. The molecule has 0 saturated heterocycles. The fourth-order valence-corrected chi connectivity index (χ4v) is 4.04. The Morgan fingerprint density at radius 1 is 0.964 bits per heavy atom. The Morgan fingerprint density at radius 2 is 1.54 bits per heavy atom. The van der Waals surface area contributed by atoms with Crippen molar-refractivity contribution in [2.45, 2.75) is 43.5 Å². The Kier molecular flexibility index (Phi) is 6.95. The molecule has 0 atom stereocenters. The molecule has 2 aromatic carbocycles. The predicted octanol–water partition coefficient (Wildman–Crippen LogP) is 8.02. The van der Waals surface area contributed by atoms with Gasteiger partial charge in [0.2, 0.25) is 0 Å². The van der Waals surface area contributed by atoms with Gasteiger partial charge in [-0.05, 0) is 60.5 Å². The van der Waals surface area contributed by atoms with Crippen molar-refractivity contribution < 1.29 is 18.0 Å². The molecule has 0 N–H and O–H groups in total. The van der Waals surface area contributed by atoms with Crippen molar-refractivity contribution in [1.82, 2.24) is 0 Å². The monoisotopic (exact) mass is 446 g/mol. The predicted molar refractivity (Wildman–Crippen MR) is 112 cm³/mol. The quantitative estimate of drug-likeness (QED) is 0.268. The van der Waals surface area contributed by atoms with Gasteiger partial charge in [0, 0.05) is 25.3 Å². The molecule has 0 bridgehead atoms. The number of thioether (sulfide) groups is 1. The van der Waals surface area contributed by atoms with E-state index in [4.69, 9.17) is 23.2 Å². The number of aryl methyl sites for hydroxylation is 1. The second kappa shape index (κ2) is 8.52. The molecule has 2 rings (SSSR count). The molecule has 0 aliphatic heterocycles. The van der Waals surface area contributed by atoms with Gasteiger partial charge in [0.25, 0.3) is 0 Å². The van der Waals surface area contributed by atoms with E-state index in [1.54, 1.807) is 30.0 Å². The van der Waals surface area contributed by atoms with Gasteiger partial charge >= 0.3 is 6.18 Å². The minimum Gasteiger partial charge on any atom is -0.289 e. The molecule has 0 aliphatic carbocycles. The van der Waals surface area contributed by atoms with E-state index in [-0.39, 0.29) is 25.9 Å². The van der Waals surface area contributed by atoms with Crippen molar-refractivity contribution in [3.8, 4) is 0 Å².